The molecule has 0 aromatic carbocycles. The van der Waals surface area contributed by atoms with E-state index in [2.05, 4.69) is 20.9 Å². The average Bonchev–Trinajstić information content (AvgIpc) is 2.96. The molecule has 0 unspecified atom stereocenters. The minimum absolute atomic E-state index is 0.0606. The summed E-state index contributed by atoms with van der Waals surface area (Å²) in [5.74, 6) is 0.794. The molecule has 0 atom stereocenters. The number of amides is 2. The molecule has 0 aliphatic rings. The largest absolute Gasteiger partial charge is 0.359 e. The zero-order valence-corrected chi connectivity index (χ0v) is 12.6. The van der Waals surface area contributed by atoms with E-state index in [1.165, 1.54) is 7.05 Å². The molecule has 9 heteroatoms. The molecule has 120 valence electrons. The first kappa shape index (κ1) is 15.9. The van der Waals surface area contributed by atoms with Crippen molar-refractivity contribution in [3.63, 3.8) is 0 Å². The number of halogens is 2. The average molecular weight is 313 g/mol. The highest BCUT2D eigenvalue weighted by atomic mass is 19.3. The molecule has 2 amide bonds. The predicted molar refractivity (Wildman–Crippen MR) is 76.0 cm³/mol. The van der Waals surface area contributed by atoms with Crippen molar-refractivity contribution in [3.8, 4) is 0 Å². The van der Waals surface area contributed by atoms with Crippen molar-refractivity contribution in [2.75, 3.05) is 10.6 Å². The van der Waals surface area contributed by atoms with Gasteiger partial charge in [-0.25, -0.2) is 13.6 Å². The lowest BCUT2D eigenvalue weighted by molar-refractivity contribution is 0.141. The number of urea groups is 1. The number of rotatable bonds is 3. The SMILES string of the molecule is Cn1ncc(NC(=O)Nc2cc(C(C)(C)C)on2)c1C(F)F. The molecule has 0 saturated heterocycles. The summed E-state index contributed by atoms with van der Waals surface area (Å²) >= 11 is 0. The van der Waals surface area contributed by atoms with E-state index in [1.807, 2.05) is 20.8 Å². The molecule has 0 saturated carbocycles. The molecule has 0 bridgehead atoms. The third kappa shape index (κ3) is 3.41. The number of nitrogens with one attached hydrogen (secondary N) is 2. The number of carbonyl (C=O) groups excluding carboxylic acids is 1. The van der Waals surface area contributed by atoms with E-state index in [0.717, 1.165) is 10.9 Å². The van der Waals surface area contributed by atoms with Crippen LogP contribution in [0.1, 0.15) is 38.7 Å². The van der Waals surface area contributed by atoms with Crippen LogP contribution < -0.4 is 10.6 Å². The molecule has 0 fully saturated rings. The van der Waals surface area contributed by atoms with Gasteiger partial charge in [-0.15, -0.1) is 0 Å². The Labute approximate surface area is 125 Å². The third-order valence-corrected chi connectivity index (χ3v) is 2.93. The lowest BCUT2D eigenvalue weighted by Gasteiger charge is -2.12. The molecule has 2 aromatic heterocycles. The number of hydrogen-bond donors (Lipinski definition) is 2. The zero-order chi connectivity index (χ0) is 16.5. The maximum atomic E-state index is 12.9. The van der Waals surface area contributed by atoms with Gasteiger partial charge in [-0.05, 0) is 0 Å². The van der Waals surface area contributed by atoms with Gasteiger partial charge in [0.2, 0.25) is 0 Å². The van der Waals surface area contributed by atoms with Crippen LogP contribution in [0.4, 0.5) is 25.1 Å². The summed E-state index contributed by atoms with van der Waals surface area (Å²) < 4.78 is 31.9. The fraction of sp³-hybridized carbons (Fsp3) is 0.462. The quantitative estimate of drug-likeness (QED) is 0.910. The molecule has 2 heterocycles. The number of nitrogens with zero attached hydrogens (tertiary/aromatic N) is 3. The zero-order valence-electron chi connectivity index (χ0n) is 12.6. The minimum atomic E-state index is -2.75. The molecule has 0 aliphatic carbocycles. The molecule has 0 aliphatic heterocycles. The number of aromatic nitrogens is 3. The van der Waals surface area contributed by atoms with E-state index in [0.29, 0.717) is 5.76 Å². The van der Waals surface area contributed by atoms with Crippen molar-refractivity contribution in [3.05, 3.63) is 23.7 Å². The van der Waals surface area contributed by atoms with E-state index < -0.39 is 12.5 Å². The van der Waals surface area contributed by atoms with E-state index >= 15 is 0 Å². The second-order valence-corrected chi connectivity index (χ2v) is 5.77. The standard InChI is InChI=1S/C13H17F2N5O2/c1-13(2,3)8-5-9(19-22-8)18-12(21)17-7-6-16-20(4)10(7)11(14)15/h5-6,11H,1-4H3,(H2,17,18,19,21). The third-order valence-electron chi connectivity index (χ3n) is 2.93. The van der Waals surface area contributed by atoms with Crippen molar-refractivity contribution >= 4 is 17.5 Å². The first-order valence-electron chi connectivity index (χ1n) is 6.53. The Hall–Kier alpha value is -2.45. The summed E-state index contributed by atoms with van der Waals surface area (Å²) in [6, 6.07) is 0.875. The van der Waals surface area contributed by atoms with Gasteiger partial charge in [-0.3, -0.25) is 10.00 Å². The van der Waals surface area contributed by atoms with Gasteiger partial charge < -0.3 is 9.84 Å². The Bertz CT molecular complexity index is 672. The molecule has 0 radical (unpaired) electrons. The number of aryl methyl sites for hydroxylation is 1. The van der Waals surface area contributed by atoms with Crippen LogP contribution in [0.3, 0.4) is 0 Å². The highest BCUT2D eigenvalue weighted by Crippen LogP contribution is 2.27. The summed E-state index contributed by atoms with van der Waals surface area (Å²) in [6.45, 7) is 5.80. The highest BCUT2D eigenvalue weighted by Gasteiger charge is 2.22. The second-order valence-electron chi connectivity index (χ2n) is 5.77. The van der Waals surface area contributed by atoms with Crippen LogP contribution in [0.25, 0.3) is 0 Å². The van der Waals surface area contributed by atoms with Crippen LogP contribution in [-0.4, -0.2) is 21.0 Å². The number of anilines is 2. The van der Waals surface area contributed by atoms with Gasteiger partial charge in [-0.1, -0.05) is 25.9 Å². The lowest BCUT2D eigenvalue weighted by Crippen LogP contribution is -2.20. The minimum Gasteiger partial charge on any atom is -0.359 e. The Balaban J connectivity index is 2.06. The highest BCUT2D eigenvalue weighted by molar-refractivity contribution is 5.99. The summed E-state index contributed by atoms with van der Waals surface area (Å²) in [5, 5.41) is 12.1. The van der Waals surface area contributed by atoms with Gasteiger partial charge in [0, 0.05) is 18.5 Å². The molecule has 2 N–H and O–H groups in total. The van der Waals surface area contributed by atoms with Crippen molar-refractivity contribution in [1.82, 2.24) is 14.9 Å². The second kappa shape index (κ2) is 5.74. The summed E-state index contributed by atoms with van der Waals surface area (Å²) in [4.78, 5) is 11.8. The van der Waals surface area contributed by atoms with Crippen LogP contribution in [0.2, 0.25) is 0 Å². The van der Waals surface area contributed by atoms with Crippen LogP contribution in [0, 0.1) is 0 Å². The van der Waals surface area contributed by atoms with Gasteiger partial charge in [-0.2, -0.15) is 5.10 Å². The number of hydrogen-bond acceptors (Lipinski definition) is 4. The fourth-order valence-electron chi connectivity index (χ4n) is 1.76. The fourth-order valence-corrected chi connectivity index (χ4v) is 1.76. The van der Waals surface area contributed by atoms with Crippen molar-refractivity contribution in [1.29, 1.82) is 0 Å². The van der Waals surface area contributed by atoms with E-state index in [9.17, 15) is 13.6 Å². The van der Waals surface area contributed by atoms with Crippen LogP contribution in [0.15, 0.2) is 16.8 Å². The molecular weight excluding hydrogens is 296 g/mol. The normalized spacial score (nSPS) is 11.8. The molecule has 0 spiro atoms. The summed E-state index contributed by atoms with van der Waals surface area (Å²) in [5.41, 5.74) is -0.685. The first-order valence-corrected chi connectivity index (χ1v) is 6.53. The number of carbonyl (C=O) groups is 1. The van der Waals surface area contributed by atoms with E-state index in [1.54, 1.807) is 6.07 Å². The summed E-state index contributed by atoms with van der Waals surface area (Å²) in [7, 11) is 1.37. The van der Waals surface area contributed by atoms with Gasteiger partial charge >= 0.3 is 6.03 Å². The Morgan fingerprint density at radius 3 is 2.59 bits per heavy atom. The van der Waals surface area contributed by atoms with E-state index in [-0.39, 0.29) is 22.6 Å². The van der Waals surface area contributed by atoms with Crippen LogP contribution in [-0.2, 0) is 12.5 Å². The maximum absolute atomic E-state index is 12.9. The Kier molecular flexibility index (Phi) is 4.16. The molecule has 2 rings (SSSR count). The maximum Gasteiger partial charge on any atom is 0.325 e. The van der Waals surface area contributed by atoms with Gasteiger partial charge in [0.05, 0.1) is 11.9 Å². The molecule has 22 heavy (non-hydrogen) atoms. The van der Waals surface area contributed by atoms with Crippen molar-refractivity contribution < 1.29 is 18.1 Å². The topological polar surface area (TPSA) is 85.0 Å². The van der Waals surface area contributed by atoms with Crippen LogP contribution >= 0.6 is 0 Å². The molecule has 7 nitrogen and oxygen atoms in total. The van der Waals surface area contributed by atoms with Gasteiger partial charge in [0.25, 0.3) is 6.43 Å². The van der Waals surface area contributed by atoms with Crippen LogP contribution in [0.5, 0.6) is 0 Å². The van der Waals surface area contributed by atoms with Crippen molar-refractivity contribution in [2.24, 2.45) is 7.05 Å². The van der Waals surface area contributed by atoms with Gasteiger partial charge in [0.1, 0.15) is 11.5 Å². The summed E-state index contributed by atoms with van der Waals surface area (Å²) in [6.07, 6.45) is -1.59. The Morgan fingerprint density at radius 2 is 2.05 bits per heavy atom. The smallest absolute Gasteiger partial charge is 0.325 e. The monoisotopic (exact) mass is 313 g/mol. The predicted octanol–water partition coefficient (Wildman–Crippen LogP) is 3.29. The Morgan fingerprint density at radius 1 is 1.36 bits per heavy atom. The molecule has 2 aromatic rings. The number of alkyl halides is 2. The lowest BCUT2D eigenvalue weighted by atomic mass is 9.93. The van der Waals surface area contributed by atoms with Gasteiger partial charge in [0.15, 0.2) is 5.82 Å². The van der Waals surface area contributed by atoms with E-state index in [4.69, 9.17) is 4.52 Å². The molecular formula is C13H17F2N5O2. The first-order chi connectivity index (χ1) is 10.2. The van der Waals surface area contributed by atoms with Crippen molar-refractivity contribution in [2.45, 2.75) is 32.6 Å².